The molecule has 29 heavy (non-hydrogen) atoms. The molecular weight excluding hydrogens is 389 g/mol. The summed E-state index contributed by atoms with van der Waals surface area (Å²) in [7, 11) is 0. The zero-order valence-electron chi connectivity index (χ0n) is 16.4. The van der Waals surface area contributed by atoms with Crippen LogP contribution in [-0.2, 0) is 17.9 Å². The van der Waals surface area contributed by atoms with Crippen molar-refractivity contribution in [2.24, 2.45) is 5.92 Å². The van der Waals surface area contributed by atoms with Crippen LogP contribution in [0.5, 0.6) is 0 Å². The topological polar surface area (TPSA) is 87.4 Å². The van der Waals surface area contributed by atoms with Gasteiger partial charge in [0.2, 0.25) is 5.95 Å². The molecular formula is C18H25F3N6O2. The molecule has 2 aromatic rings. The van der Waals surface area contributed by atoms with Crippen LogP contribution in [0.25, 0.3) is 0 Å². The maximum atomic E-state index is 10.6. The lowest BCUT2D eigenvalue weighted by molar-refractivity contribution is -0.192. The van der Waals surface area contributed by atoms with Crippen LogP contribution in [0.15, 0.2) is 30.9 Å². The van der Waals surface area contributed by atoms with E-state index in [4.69, 9.17) is 9.90 Å². The lowest BCUT2D eigenvalue weighted by atomic mass is 10.1. The molecule has 0 aliphatic carbocycles. The predicted molar refractivity (Wildman–Crippen MR) is 100 cm³/mol. The molecule has 0 saturated heterocycles. The van der Waals surface area contributed by atoms with E-state index in [1.165, 1.54) is 0 Å². The number of carbonyl (C=O) groups is 1. The molecule has 11 heteroatoms. The molecule has 1 aliphatic heterocycles. The Morgan fingerprint density at radius 1 is 1.17 bits per heavy atom. The van der Waals surface area contributed by atoms with Gasteiger partial charge in [0.1, 0.15) is 5.82 Å². The minimum absolute atomic E-state index is 0.541. The number of carboxylic acid groups (broad SMARTS) is 1. The van der Waals surface area contributed by atoms with Crippen LogP contribution < -0.4 is 4.90 Å². The minimum atomic E-state index is -5.08. The Morgan fingerprint density at radius 2 is 1.79 bits per heavy atom. The summed E-state index contributed by atoms with van der Waals surface area (Å²) < 4.78 is 34.0. The Bertz CT molecular complexity index is 764. The number of aromatic nitrogens is 4. The fourth-order valence-corrected chi connectivity index (χ4v) is 3.11. The number of imidazole rings is 1. The first-order chi connectivity index (χ1) is 13.7. The van der Waals surface area contributed by atoms with Gasteiger partial charge < -0.3 is 19.5 Å². The number of carboxylic acids is 1. The van der Waals surface area contributed by atoms with Crippen molar-refractivity contribution in [2.45, 2.75) is 33.1 Å². The fraction of sp³-hybridized carbons (Fsp3) is 0.556. The predicted octanol–water partition coefficient (Wildman–Crippen LogP) is 2.28. The highest BCUT2D eigenvalue weighted by molar-refractivity contribution is 5.73. The highest BCUT2D eigenvalue weighted by Crippen LogP contribution is 2.20. The second-order valence-corrected chi connectivity index (χ2v) is 6.58. The van der Waals surface area contributed by atoms with E-state index < -0.39 is 12.1 Å². The number of aliphatic carboxylic acids is 1. The summed E-state index contributed by atoms with van der Waals surface area (Å²) in [5, 5.41) is 7.12. The molecule has 3 rings (SSSR count). The number of alkyl halides is 3. The normalized spacial score (nSPS) is 16.6. The minimum Gasteiger partial charge on any atom is -0.475 e. The number of hydrogen-bond acceptors (Lipinski definition) is 6. The Kier molecular flexibility index (Phi) is 7.94. The van der Waals surface area contributed by atoms with Crippen LogP contribution in [0.2, 0.25) is 0 Å². The summed E-state index contributed by atoms with van der Waals surface area (Å²) in [6, 6.07) is 1.86. The maximum Gasteiger partial charge on any atom is 0.490 e. The van der Waals surface area contributed by atoms with Gasteiger partial charge in [0, 0.05) is 50.3 Å². The van der Waals surface area contributed by atoms with Gasteiger partial charge in [-0.05, 0) is 19.2 Å². The van der Waals surface area contributed by atoms with Crippen LogP contribution in [0, 0.1) is 5.92 Å². The van der Waals surface area contributed by atoms with Gasteiger partial charge in [-0.15, -0.1) is 0 Å². The number of fused-ring (bicyclic) bond motifs is 1. The van der Waals surface area contributed by atoms with Gasteiger partial charge in [0.25, 0.3) is 0 Å². The van der Waals surface area contributed by atoms with Crippen molar-refractivity contribution in [3.05, 3.63) is 36.7 Å². The third-order valence-corrected chi connectivity index (χ3v) is 4.56. The molecule has 0 aromatic carbocycles. The van der Waals surface area contributed by atoms with Crippen molar-refractivity contribution >= 4 is 11.9 Å². The average Bonchev–Trinajstić information content (AvgIpc) is 3.04. The monoisotopic (exact) mass is 414 g/mol. The largest absolute Gasteiger partial charge is 0.490 e. The Labute approximate surface area is 167 Å². The van der Waals surface area contributed by atoms with Crippen LogP contribution in [0.3, 0.4) is 0 Å². The second kappa shape index (κ2) is 10.2. The molecule has 2 aromatic heterocycles. The van der Waals surface area contributed by atoms with E-state index in [0.29, 0.717) is 5.92 Å². The van der Waals surface area contributed by atoms with E-state index in [1.54, 1.807) is 12.4 Å². The molecule has 0 radical (unpaired) electrons. The molecule has 0 fully saturated rings. The Hall–Kier alpha value is -2.69. The zero-order chi connectivity index (χ0) is 21.4. The molecule has 1 unspecified atom stereocenters. The standard InChI is InChI=1S/C16H24N6.C2HF3O2/c1-3-20(4-2)10-14-11-21-9-8-17-15(21)13-22(12-14)16-18-6-5-7-19-16;3-2(4,5)1(6)7/h5-9,14H,3-4,10-13H2,1-2H3;(H,6,7). The first kappa shape index (κ1) is 22.6. The summed E-state index contributed by atoms with van der Waals surface area (Å²) in [5.41, 5.74) is 0. The van der Waals surface area contributed by atoms with Gasteiger partial charge in [-0.25, -0.2) is 19.7 Å². The molecule has 8 nitrogen and oxygen atoms in total. The van der Waals surface area contributed by atoms with Crippen molar-refractivity contribution in [3.63, 3.8) is 0 Å². The van der Waals surface area contributed by atoms with Crippen molar-refractivity contribution in [1.82, 2.24) is 24.4 Å². The average molecular weight is 414 g/mol. The smallest absolute Gasteiger partial charge is 0.475 e. The maximum absolute atomic E-state index is 10.6. The van der Waals surface area contributed by atoms with Crippen molar-refractivity contribution in [1.29, 1.82) is 0 Å². The van der Waals surface area contributed by atoms with Gasteiger partial charge in [0.05, 0.1) is 6.54 Å². The lowest BCUT2D eigenvalue weighted by Gasteiger charge is -2.28. The van der Waals surface area contributed by atoms with Crippen molar-refractivity contribution in [2.75, 3.05) is 31.1 Å². The molecule has 160 valence electrons. The van der Waals surface area contributed by atoms with E-state index in [2.05, 4.69) is 49.4 Å². The van der Waals surface area contributed by atoms with Gasteiger partial charge >= 0.3 is 12.1 Å². The summed E-state index contributed by atoms with van der Waals surface area (Å²) in [6.07, 6.45) is 2.50. The van der Waals surface area contributed by atoms with E-state index in [0.717, 1.165) is 51.0 Å². The Balaban J connectivity index is 0.000000370. The zero-order valence-corrected chi connectivity index (χ0v) is 16.4. The van der Waals surface area contributed by atoms with Crippen molar-refractivity contribution in [3.8, 4) is 0 Å². The molecule has 0 bridgehead atoms. The molecule has 1 atom stereocenters. The van der Waals surface area contributed by atoms with Crippen LogP contribution in [0.4, 0.5) is 19.1 Å². The van der Waals surface area contributed by atoms with Crippen LogP contribution in [0.1, 0.15) is 19.7 Å². The summed E-state index contributed by atoms with van der Waals surface area (Å²) >= 11 is 0. The number of anilines is 1. The van der Waals surface area contributed by atoms with Gasteiger partial charge in [-0.1, -0.05) is 13.8 Å². The van der Waals surface area contributed by atoms with E-state index in [1.807, 2.05) is 12.3 Å². The second-order valence-electron chi connectivity index (χ2n) is 6.58. The summed E-state index contributed by atoms with van der Waals surface area (Å²) in [5.74, 6) is -0.329. The van der Waals surface area contributed by atoms with E-state index in [-0.39, 0.29) is 0 Å². The van der Waals surface area contributed by atoms with Gasteiger partial charge in [-0.3, -0.25) is 0 Å². The quantitative estimate of drug-likeness (QED) is 0.803. The van der Waals surface area contributed by atoms with Crippen LogP contribution in [-0.4, -0.2) is 67.9 Å². The molecule has 0 spiro atoms. The van der Waals surface area contributed by atoms with Gasteiger partial charge in [-0.2, -0.15) is 13.2 Å². The third kappa shape index (κ3) is 6.70. The molecule has 3 heterocycles. The SMILES string of the molecule is CCN(CC)CC1CN(c2ncccn2)Cc2nccn2C1.O=C(O)C(F)(F)F. The molecule has 1 N–H and O–H groups in total. The summed E-state index contributed by atoms with van der Waals surface area (Å²) in [4.78, 5) is 27.0. The molecule has 0 saturated carbocycles. The van der Waals surface area contributed by atoms with E-state index >= 15 is 0 Å². The number of hydrogen-bond donors (Lipinski definition) is 1. The number of rotatable bonds is 5. The lowest BCUT2D eigenvalue weighted by Crippen LogP contribution is -2.37. The van der Waals surface area contributed by atoms with Crippen LogP contribution >= 0.6 is 0 Å². The first-order valence-electron chi connectivity index (χ1n) is 9.29. The highest BCUT2D eigenvalue weighted by Gasteiger charge is 2.38. The summed E-state index contributed by atoms with van der Waals surface area (Å²) in [6.45, 7) is 10.5. The number of nitrogens with zero attached hydrogens (tertiary/aromatic N) is 6. The fourth-order valence-electron chi connectivity index (χ4n) is 3.11. The molecule has 1 aliphatic rings. The highest BCUT2D eigenvalue weighted by atomic mass is 19.4. The molecule has 0 amide bonds. The first-order valence-corrected chi connectivity index (χ1v) is 9.29. The Morgan fingerprint density at radius 3 is 2.34 bits per heavy atom. The van der Waals surface area contributed by atoms with Crippen molar-refractivity contribution < 1.29 is 23.1 Å². The van der Waals surface area contributed by atoms with E-state index in [9.17, 15) is 13.2 Å². The van der Waals surface area contributed by atoms with Gasteiger partial charge in [0.15, 0.2) is 0 Å². The third-order valence-electron chi connectivity index (χ3n) is 4.56. The number of halogens is 3.